The van der Waals surface area contributed by atoms with Crippen molar-refractivity contribution >= 4 is 231 Å². The molecule has 0 saturated heterocycles. The summed E-state index contributed by atoms with van der Waals surface area (Å²) in [6.07, 6.45) is -3.68. The number of aliphatic hydroxyl groups is 1. The summed E-state index contributed by atoms with van der Waals surface area (Å²) in [5.74, 6) is -3.74. The number of ketones is 1. The third-order valence-electron chi connectivity index (χ3n) is 13.1. The van der Waals surface area contributed by atoms with Crippen LogP contribution in [0.25, 0.3) is 43.1 Å². The van der Waals surface area contributed by atoms with Crippen molar-refractivity contribution in [2.45, 2.75) is 131 Å². The predicted octanol–water partition coefficient (Wildman–Crippen LogP) is 26.4. The van der Waals surface area contributed by atoms with Crippen LogP contribution in [0.4, 0.5) is 0 Å². The number of aliphatic hydroxyl groups excluding tert-OH is 1. The Kier molecular flexibility index (Phi) is 39.7. The Morgan fingerprint density at radius 3 is 1.06 bits per heavy atom. The maximum atomic E-state index is 12.8. The Morgan fingerprint density at radius 1 is 0.393 bits per heavy atom. The number of aliphatic carboxylic acids is 1. The summed E-state index contributed by atoms with van der Waals surface area (Å²) in [7, 11) is 0. The summed E-state index contributed by atoms with van der Waals surface area (Å²) in [5.41, 5.74) is 4.68. The van der Waals surface area contributed by atoms with Gasteiger partial charge in [-0.2, -0.15) is 0 Å². The average molecular weight is 2090 g/mol. The van der Waals surface area contributed by atoms with Crippen LogP contribution in [-0.4, -0.2) is 89.1 Å². The summed E-state index contributed by atoms with van der Waals surface area (Å²) in [5, 5.41) is 21.5. The lowest BCUT2D eigenvalue weighted by Crippen LogP contribution is -2.28. The van der Waals surface area contributed by atoms with Crippen molar-refractivity contribution in [3.8, 4) is 43.1 Å². The summed E-state index contributed by atoms with van der Waals surface area (Å²) < 4.78 is 44.7. The Hall–Kier alpha value is -4.22. The number of hydrogen-bond donors (Lipinski definition) is 2. The van der Waals surface area contributed by atoms with Crippen LogP contribution in [0.15, 0.2) is 196 Å². The van der Waals surface area contributed by atoms with Gasteiger partial charge in [0.25, 0.3) is 5.78 Å². The van der Waals surface area contributed by atoms with Gasteiger partial charge in [0, 0.05) is 33.0 Å². The van der Waals surface area contributed by atoms with Crippen molar-refractivity contribution in [1.82, 2.24) is 0 Å². The van der Waals surface area contributed by atoms with Crippen molar-refractivity contribution in [2.75, 3.05) is 26.4 Å². The zero-order valence-electron chi connectivity index (χ0n) is 60.4. The first-order chi connectivity index (χ1) is 50.4. The van der Waals surface area contributed by atoms with E-state index < -0.39 is 64.9 Å². The number of carboxylic acids is 1. The molecule has 574 valence electrons. The highest BCUT2D eigenvalue weighted by molar-refractivity contribution is 9.12. The molecule has 0 aliphatic rings. The third-order valence-corrected chi connectivity index (χ3v) is 25.6. The van der Waals surface area contributed by atoms with Gasteiger partial charge in [0.15, 0.2) is 24.4 Å². The van der Waals surface area contributed by atoms with Gasteiger partial charge in [-0.25, -0.2) is 24.0 Å². The molecule has 6 heterocycles. The topological polar surface area (TPSA) is 207 Å². The van der Waals surface area contributed by atoms with Crippen LogP contribution in [0.5, 0.6) is 0 Å². The predicted molar refractivity (Wildman–Crippen MR) is 463 cm³/mol. The fraction of sp³-hybridized carbons (Fsp3) is 0.308. The highest BCUT2D eigenvalue weighted by Gasteiger charge is 2.35. The molecule has 10 rings (SSSR count). The standard InChI is InChI=1S/C24H26O3S.C22H22O3S.C12H16Br2O3S.C8H8Br2O3S.C8H6Br2O3S.C4H2Br2S/c1-5-26-23(25)21(27-24(2,3)4)22-19(17-12-8-6-9-13-17)16-20(28-22)18-14-10-7-11-15-18;1-22(2,3)25-19(21(23)24)20-17(15-10-6-4-7-11-15)14-18(26-20)16-12-8-5-9-13-16;1-5-16-11(15)9(17-12(2,3)4)10-7(13)6-8(14)18-10;2*1-2-13-8(12)6(11)7-4(9)3-5(10)14-7;5-3-1-4(6)7-2-3/h6-16,21H,5H2,1-4H3;4-14,19H,1-3H3,(H,23,24);6,9H,5H2,1-4H3;3,6,11H,2H2,1H3;3H,2H2,1H3;1-2H. The maximum Gasteiger partial charge on any atom is 0.380 e. The second-order valence-electron chi connectivity index (χ2n) is 24.9. The Labute approximate surface area is 716 Å². The molecule has 0 aliphatic carbocycles. The van der Waals surface area contributed by atoms with E-state index in [-0.39, 0.29) is 25.2 Å². The fourth-order valence-corrected chi connectivity index (χ4v) is 21.2. The highest BCUT2D eigenvalue weighted by atomic mass is 79.9. The number of benzene rings is 4. The number of halogens is 8. The van der Waals surface area contributed by atoms with Gasteiger partial charge < -0.3 is 43.4 Å². The van der Waals surface area contributed by atoms with E-state index in [9.17, 15) is 39.0 Å². The molecule has 4 atom stereocenters. The van der Waals surface area contributed by atoms with Crippen LogP contribution in [0.3, 0.4) is 0 Å². The number of rotatable bonds is 21. The van der Waals surface area contributed by atoms with Gasteiger partial charge in [-0.3, -0.25) is 4.79 Å². The number of thiophene rings is 6. The molecular formula is C78H80Br8O15S6. The Morgan fingerprint density at radius 2 is 0.738 bits per heavy atom. The summed E-state index contributed by atoms with van der Waals surface area (Å²) in [4.78, 5) is 76.0. The summed E-state index contributed by atoms with van der Waals surface area (Å²) >= 11 is 35.1. The van der Waals surface area contributed by atoms with Crippen LogP contribution < -0.4 is 0 Å². The molecule has 10 aromatic rings. The minimum absolute atomic E-state index is 0.203. The molecule has 2 N–H and O–H groups in total. The minimum Gasteiger partial charge on any atom is -0.479 e. The third kappa shape index (κ3) is 31.4. The van der Waals surface area contributed by atoms with Gasteiger partial charge in [-0.05, 0) is 287 Å². The lowest BCUT2D eigenvalue weighted by Gasteiger charge is -2.26. The Balaban J connectivity index is 0.000000240. The van der Waals surface area contributed by atoms with E-state index in [1.807, 2.05) is 184 Å². The monoisotopic (exact) mass is 2080 g/mol. The van der Waals surface area contributed by atoms with Crippen LogP contribution in [-0.2, 0) is 57.1 Å². The molecule has 6 aromatic heterocycles. The van der Waals surface area contributed by atoms with Crippen molar-refractivity contribution < 1.29 is 72.1 Å². The van der Waals surface area contributed by atoms with Crippen LogP contribution in [0, 0.1) is 0 Å². The van der Waals surface area contributed by atoms with Gasteiger partial charge in [0.2, 0.25) is 0 Å². The van der Waals surface area contributed by atoms with Crippen LogP contribution in [0.2, 0.25) is 0 Å². The average Bonchev–Trinajstić information content (AvgIpc) is 1.65. The smallest absolute Gasteiger partial charge is 0.380 e. The molecule has 0 aliphatic heterocycles. The zero-order chi connectivity index (χ0) is 79.5. The second kappa shape index (κ2) is 45.5. The van der Waals surface area contributed by atoms with Gasteiger partial charge in [-0.1, -0.05) is 121 Å². The van der Waals surface area contributed by atoms with Gasteiger partial charge >= 0.3 is 29.8 Å². The van der Waals surface area contributed by atoms with Crippen molar-refractivity contribution in [3.63, 3.8) is 0 Å². The Bertz CT molecular complexity index is 4440. The van der Waals surface area contributed by atoms with E-state index in [1.54, 1.807) is 55.6 Å². The first kappa shape index (κ1) is 93.4. The fourth-order valence-electron chi connectivity index (χ4n) is 8.98. The number of Topliss-reactive ketones (excluding diaryl/α,β-unsaturated/α-hetero) is 1. The molecule has 4 aromatic carbocycles. The first-order valence-corrected chi connectivity index (χ1v) is 44.1. The van der Waals surface area contributed by atoms with Gasteiger partial charge in [0.1, 0.15) is 0 Å². The van der Waals surface area contributed by atoms with E-state index in [0.717, 1.165) is 78.1 Å². The molecule has 0 bridgehead atoms. The number of hydrogen-bond acceptors (Lipinski definition) is 20. The number of esters is 4. The lowest BCUT2D eigenvalue weighted by atomic mass is 10.0. The van der Waals surface area contributed by atoms with Crippen LogP contribution in [0.1, 0.15) is 144 Å². The SMILES string of the molecule is Brc1csc(Br)c1.CC(C)(C)OC(C(=O)O)c1sc(-c2ccccc2)cc1-c1ccccc1.CCOC(=O)C(=O)c1sc(Br)cc1Br.CCOC(=O)C(O)c1sc(Br)cc1Br.CCOC(=O)C(OC(C)(C)C)c1sc(-c2ccccc2)cc1-c1ccccc1.CCOC(=O)C(OC(C)(C)C)c1sc(Br)cc1Br. The molecule has 15 nitrogen and oxygen atoms in total. The summed E-state index contributed by atoms with van der Waals surface area (Å²) in [6.45, 7) is 25.3. The quantitative estimate of drug-likeness (QED) is 0.0297. The normalized spacial score (nSPS) is 12.2. The zero-order valence-corrected chi connectivity index (χ0v) is 78.0. The molecule has 0 fully saturated rings. The van der Waals surface area contributed by atoms with Crippen molar-refractivity contribution in [1.29, 1.82) is 0 Å². The van der Waals surface area contributed by atoms with Gasteiger partial charge in [0.05, 0.1) is 82.8 Å². The van der Waals surface area contributed by atoms with Crippen LogP contribution >= 0.6 is 195 Å². The van der Waals surface area contributed by atoms with Crippen molar-refractivity contribution in [2.24, 2.45) is 0 Å². The maximum absolute atomic E-state index is 12.8. The van der Waals surface area contributed by atoms with E-state index in [1.165, 1.54) is 49.1 Å². The molecule has 29 heteroatoms. The molecule has 0 spiro atoms. The summed E-state index contributed by atoms with van der Waals surface area (Å²) in [6, 6.07) is 51.8. The van der Waals surface area contributed by atoms with Gasteiger partial charge in [-0.15, -0.1) is 68.0 Å². The minimum atomic E-state index is -1.21. The van der Waals surface area contributed by atoms with E-state index in [0.29, 0.717) is 31.9 Å². The first-order valence-electron chi connectivity index (χ1n) is 32.8. The number of ether oxygens (including phenoxy) is 7. The second-order valence-corrected chi connectivity index (χ2v) is 40.2. The lowest BCUT2D eigenvalue weighted by molar-refractivity contribution is -0.166. The molecule has 4 unspecified atom stereocenters. The molecule has 107 heavy (non-hydrogen) atoms. The van der Waals surface area contributed by atoms with Crippen molar-refractivity contribution in [3.05, 3.63) is 221 Å². The highest BCUT2D eigenvalue weighted by Crippen LogP contribution is 2.46. The number of carbonyl (C=O) groups excluding carboxylic acids is 5. The van der Waals surface area contributed by atoms with E-state index >= 15 is 0 Å². The molecule has 0 radical (unpaired) electrons. The number of carboxylic acid groups (broad SMARTS) is 1. The molecule has 0 amide bonds. The van der Waals surface area contributed by atoms with E-state index in [4.69, 9.17) is 28.4 Å². The molecular weight excluding hydrogens is 2010 g/mol. The largest absolute Gasteiger partial charge is 0.479 e. The number of carbonyl (C=O) groups is 6. The molecule has 0 saturated carbocycles. The van der Waals surface area contributed by atoms with E-state index in [2.05, 4.69) is 169 Å².